The highest BCUT2D eigenvalue weighted by atomic mass is 35.5. The van der Waals surface area contributed by atoms with Crippen LogP contribution in [0.1, 0.15) is 40.0 Å². The van der Waals surface area contributed by atoms with Gasteiger partial charge in [-0.2, -0.15) is 18.3 Å². The smallest absolute Gasteiger partial charge is 0.363 e. The lowest BCUT2D eigenvalue weighted by molar-refractivity contribution is -0.173. The Bertz CT molecular complexity index is 1060. The summed E-state index contributed by atoms with van der Waals surface area (Å²) in [6.07, 6.45) is -3.57. The van der Waals surface area contributed by atoms with Gasteiger partial charge in [-0.1, -0.05) is 41.4 Å². The zero-order chi connectivity index (χ0) is 21.5. The first-order valence-electron chi connectivity index (χ1n) is 9.26. The Balaban J connectivity index is 1.68. The molecular formula is C21H18ClF3N4O. The van der Waals surface area contributed by atoms with E-state index in [0.29, 0.717) is 16.3 Å². The topological polar surface area (TPSA) is 59.0 Å². The van der Waals surface area contributed by atoms with Gasteiger partial charge in [0.15, 0.2) is 6.04 Å². The largest absolute Gasteiger partial charge is 0.410 e. The van der Waals surface area contributed by atoms with Crippen LogP contribution in [-0.4, -0.2) is 21.9 Å². The van der Waals surface area contributed by atoms with E-state index in [4.69, 9.17) is 11.6 Å². The van der Waals surface area contributed by atoms with Crippen molar-refractivity contribution in [2.45, 2.75) is 31.6 Å². The molecule has 2 heterocycles. The molecule has 156 valence electrons. The van der Waals surface area contributed by atoms with E-state index in [2.05, 4.69) is 15.7 Å². The van der Waals surface area contributed by atoms with Gasteiger partial charge < -0.3 is 10.6 Å². The van der Waals surface area contributed by atoms with E-state index < -0.39 is 24.2 Å². The molecular weight excluding hydrogens is 417 g/mol. The lowest BCUT2D eigenvalue weighted by Crippen LogP contribution is -2.36. The molecule has 5 nitrogen and oxygen atoms in total. The summed E-state index contributed by atoms with van der Waals surface area (Å²) in [6.45, 7) is 1.91. The van der Waals surface area contributed by atoms with Gasteiger partial charge in [-0.05, 0) is 36.8 Å². The van der Waals surface area contributed by atoms with Gasteiger partial charge in [0.25, 0.3) is 5.91 Å². The zero-order valence-corrected chi connectivity index (χ0v) is 16.6. The Morgan fingerprint density at radius 2 is 1.83 bits per heavy atom. The first kappa shape index (κ1) is 20.3. The molecule has 1 aliphatic rings. The fourth-order valence-electron chi connectivity index (χ4n) is 3.48. The van der Waals surface area contributed by atoms with Crippen LogP contribution in [-0.2, 0) is 0 Å². The number of hydrogen-bond acceptors (Lipinski definition) is 3. The molecule has 1 aromatic heterocycles. The highest BCUT2D eigenvalue weighted by molar-refractivity contribution is 6.30. The van der Waals surface area contributed by atoms with Gasteiger partial charge in [0.1, 0.15) is 11.4 Å². The van der Waals surface area contributed by atoms with Crippen molar-refractivity contribution in [1.29, 1.82) is 0 Å². The van der Waals surface area contributed by atoms with Crippen LogP contribution in [0.15, 0.2) is 54.7 Å². The number of nitrogens with one attached hydrogen (secondary N) is 2. The molecule has 2 unspecified atom stereocenters. The molecule has 4 rings (SSSR count). The van der Waals surface area contributed by atoms with Gasteiger partial charge in [0, 0.05) is 17.1 Å². The van der Waals surface area contributed by atoms with E-state index >= 15 is 0 Å². The number of alkyl halides is 3. The molecule has 0 bridgehead atoms. The van der Waals surface area contributed by atoms with Crippen molar-refractivity contribution in [1.82, 2.24) is 9.78 Å². The number of fused-ring (bicyclic) bond motifs is 1. The molecule has 2 N–H and O–H groups in total. The van der Waals surface area contributed by atoms with Crippen molar-refractivity contribution < 1.29 is 18.0 Å². The standard InChI is InChI=1S/C21H18ClF3N4O/c1-12-2-4-13(5-3-12)17-10-18(21(23,24)25)29-19(28-17)16(11-26-29)20(30)27-15-8-6-14(22)7-9-15/h2-9,11,17-18,28H,10H2,1H3,(H,27,30). The van der Waals surface area contributed by atoms with Crippen LogP contribution in [0.2, 0.25) is 5.02 Å². The number of carbonyl (C=O) groups is 1. The van der Waals surface area contributed by atoms with Gasteiger partial charge in [-0.25, -0.2) is 4.68 Å². The minimum Gasteiger partial charge on any atom is -0.363 e. The third-order valence-corrected chi connectivity index (χ3v) is 5.32. The quantitative estimate of drug-likeness (QED) is 0.551. The summed E-state index contributed by atoms with van der Waals surface area (Å²) in [4.78, 5) is 12.8. The minimum absolute atomic E-state index is 0.0380. The highest BCUT2D eigenvalue weighted by Crippen LogP contribution is 2.44. The second-order valence-electron chi connectivity index (χ2n) is 7.21. The Morgan fingerprint density at radius 3 is 2.47 bits per heavy atom. The number of benzene rings is 2. The highest BCUT2D eigenvalue weighted by Gasteiger charge is 2.47. The molecule has 1 amide bonds. The summed E-state index contributed by atoms with van der Waals surface area (Å²) < 4.78 is 42.1. The molecule has 2 atom stereocenters. The average Bonchev–Trinajstić information content (AvgIpc) is 3.13. The molecule has 0 radical (unpaired) electrons. The second-order valence-corrected chi connectivity index (χ2v) is 7.65. The number of anilines is 2. The molecule has 0 aliphatic carbocycles. The van der Waals surface area contributed by atoms with E-state index in [0.717, 1.165) is 16.4 Å². The molecule has 1 aliphatic heterocycles. The van der Waals surface area contributed by atoms with Gasteiger partial charge in [0.05, 0.1) is 12.2 Å². The van der Waals surface area contributed by atoms with E-state index in [1.807, 2.05) is 19.1 Å². The SMILES string of the molecule is Cc1ccc(C2CC(C(F)(F)F)n3ncc(C(=O)Nc4ccc(Cl)cc4)c3N2)cc1. The van der Waals surface area contributed by atoms with Crippen LogP contribution in [0.4, 0.5) is 24.7 Å². The van der Waals surface area contributed by atoms with Gasteiger partial charge in [-0.15, -0.1) is 0 Å². The normalized spacial score (nSPS) is 18.4. The first-order chi connectivity index (χ1) is 14.2. The van der Waals surface area contributed by atoms with E-state index in [1.165, 1.54) is 0 Å². The summed E-state index contributed by atoms with van der Waals surface area (Å²) in [5, 5.41) is 10.1. The molecule has 0 fully saturated rings. The third-order valence-electron chi connectivity index (χ3n) is 5.06. The number of aryl methyl sites for hydroxylation is 1. The van der Waals surface area contributed by atoms with Gasteiger partial charge >= 0.3 is 6.18 Å². The Morgan fingerprint density at radius 1 is 1.17 bits per heavy atom. The fraction of sp³-hybridized carbons (Fsp3) is 0.238. The molecule has 0 saturated carbocycles. The van der Waals surface area contributed by atoms with Crippen LogP contribution in [0.5, 0.6) is 0 Å². The fourth-order valence-corrected chi connectivity index (χ4v) is 3.60. The number of amides is 1. The number of carbonyl (C=O) groups excluding carboxylic acids is 1. The molecule has 0 saturated heterocycles. The maximum absolute atomic E-state index is 13.8. The second kappa shape index (κ2) is 7.68. The van der Waals surface area contributed by atoms with E-state index in [1.54, 1.807) is 36.4 Å². The number of aromatic nitrogens is 2. The summed E-state index contributed by atoms with van der Waals surface area (Å²) in [6, 6.07) is 11.3. The van der Waals surface area contributed by atoms with Crippen molar-refractivity contribution in [3.05, 3.63) is 76.4 Å². The summed E-state index contributed by atoms with van der Waals surface area (Å²) in [5.74, 6) is -0.517. The van der Waals surface area contributed by atoms with E-state index in [-0.39, 0.29) is 17.8 Å². The van der Waals surface area contributed by atoms with E-state index in [9.17, 15) is 18.0 Å². The lowest BCUT2D eigenvalue weighted by atomic mass is 9.96. The molecule has 30 heavy (non-hydrogen) atoms. The van der Waals surface area contributed by atoms with Gasteiger partial charge in [-0.3, -0.25) is 4.79 Å². The Hall–Kier alpha value is -3.00. The number of rotatable bonds is 3. The molecule has 3 aromatic rings. The van der Waals surface area contributed by atoms with Crippen LogP contribution in [0, 0.1) is 6.92 Å². The Labute approximate surface area is 175 Å². The summed E-state index contributed by atoms with van der Waals surface area (Å²) in [5.41, 5.74) is 2.24. The third kappa shape index (κ3) is 4.00. The Kier molecular flexibility index (Phi) is 5.19. The lowest BCUT2D eigenvalue weighted by Gasteiger charge is -2.34. The predicted molar refractivity (Wildman–Crippen MR) is 109 cm³/mol. The van der Waals surface area contributed by atoms with Crippen molar-refractivity contribution >= 4 is 29.0 Å². The summed E-state index contributed by atoms with van der Waals surface area (Å²) >= 11 is 5.84. The molecule has 0 spiro atoms. The van der Waals surface area contributed by atoms with Crippen molar-refractivity contribution in [3.8, 4) is 0 Å². The zero-order valence-electron chi connectivity index (χ0n) is 15.9. The first-order valence-corrected chi connectivity index (χ1v) is 9.64. The van der Waals surface area contributed by atoms with Crippen molar-refractivity contribution in [3.63, 3.8) is 0 Å². The van der Waals surface area contributed by atoms with Crippen LogP contribution < -0.4 is 10.6 Å². The maximum atomic E-state index is 13.8. The average molecular weight is 435 g/mol. The molecule has 9 heteroatoms. The van der Waals surface area contributed by atoms with Gasteiger partial charge in [0.2, 0.25) is 0 Å². The van der Waals surface area contributed by atoms with Crippen LogP contribution in [0.25, 0.3) is 0 Å². The van der Waals surface area contributed by atoms with Crippen LogP contribution in [0.3, 0.4) is 0 Å². The molecule has 2 aromatic carbocycles. The van der Waals surface area contributed by atoms with Crippen molar-refractivity contribution in [2.24, 2.45) is 0 Å². The maximum Gasteiger partial charge on any atom is 0.410 e. The number of hydrogen-bond donors (Lipinski definition) is 2. The number of nitrogens with zero attached hydrogens (tertiary/aromatic N) is 2. The predicted octanol–water partition coefficient (Wildman–Crippen LogP) is 5.76. The monoisotopic (exact) mass is 434 g/mol. The van der Waals surface area contributed by atoms with Crippen molar-refractivity contribution in [2.75, 3.05) is 10.6 Å². The van der Waals surface area contributed by atoms with Crippen LogP contribution >= 0.6 is 11.6 Å². The number of halogens is 4. The summed E-state index contributed by atoms with van der Waals surface area (Å²) in [7, 11) is 0. The minimum atomic E-state index is -4.50.